The number of aromatic nitrogens is 3. The standard InChI is InChI=1S/C22H24N6O4/c1-22(2,3)18-8-6-16(7-9-18)20(29)25-24-12-15-5-10-19(32-4)17(11-15)13-27-14-23-21(26-27)28(30)31/h5-12,14H,13H2,1-4H3,(H,25,29)/b24-12+. The van der Waals surface area contributed by atoms with Crippen LogP contribution in [0.1, 0.15) is 47.8 Å². The summed E-state index contributed by atoms with van der Waals surface area (Å²) in [4.78, 5) is 26.1. The molecular formula is C22H24N6O4. The zero-order valence-corrected chi connectivity index (χ0v) is 18.3. The fourth-order valence-corrected chi connectivity index (χ4v) is 2.97. The lowest BCUT2D eigenvalue weighted by molar-refractivity contribution is -0.394. The van der Waals surface area contributed by atoms with Gasteiger partial charge in [-0.15, -0.1) is 0 Å². The highest BCUT2D eigenvalue weighted by Gasteiger charge is 2.16. The normalized spacial score (nSPS) is 11.5. The van der Waals surface area contributed by atoms with Gasteiger partial charge in [0.15, 0.2) is 0 Å². The van der Waals surface area contributed by atoms with Crippen molar-refractivity contribution in [2.24, 2.45) is 5.10 Å². The van der Waals surface area contributed by atoms with Crippen molar-refractivity contribution in [2.45, 2.75) is 32.7 Å². The van der Waals surface area contributed by atoms with Gasteiger partial charge in [-0.05, 0) is 51.8 Å². The van der Waals surface area contributed by atoms with E-state index in [1.807, 2.05) is 12.1 Å². The molecule has 166 valence electrons. The summed E-state index contributed by atoms with van der Waals surface area (Å²) in [6, 6.07) is 12.7. The minimum absolute atomic E-state index is 0.0103. The highest BCUT2D eigenvalue weighted by molar-refractivity contribution is 5.95. The molecule has 32 heavy (non-hydrogen) atoms. The third-order valence-electron chi connectivity index (χ3n) is 4.72. The van der Waals surface area contributed by atoms with Crippen molar-refractivity contribution in [3.8, 4) is 5.75 Å². The largest absolute Gasteiger partial charge is 0.496 e. The van der Waals surface area contributed by atoms with Gasteiger partial charge in [-0.1, -0.05) is 37.9 Å². The van der Waals surface area contributed by atoms with Crippen LogP contribution in [-0.2, 0) is 12.0 Å². The Morgan fingerprint density at radius 3 is 2.56 bits per heavy atom. The molecule has 0 atom stereocenters. The van der Waals surface area contributed by atoms with Crippen molar-refractivity contribution >= 4 is 18.1 Å². The van der Waals surface area contributed by atoms with E-state index in [4.69, 9.17) is 4.74 Å². The predicted molar refractivity (Wildman–Crippen MR) is 119 cm³/mol. The topological polar surface area (TPSA) is 125 Å². The molecule has 0 aliphatic heterocycles. The molecule has 3 rings (SSSR count). The van der Waals surface area contributed by atoms with Gasteiger partial charge in [-0.2, -0.15) is 9.78 Å². The Morgan fingerprint density at radius 2 is 1.97 bits per heavy atom. The van der Waals surface area contributed by atoms with Crippen LogP contribution in [0.5, 0.6) is 5.75 Å². The second-order valence-corrected chi connectivity index (χ2v) is 8.10. The first-order chi connectivity index (χ1) is 15.2. The molecule has 1 amide bonds. The smallest absolute Gasteiger partial charge is 0.490 e. The van der Waals surface area contributed by atoms with Gasteiger partial charge in [0.05, 0.1) is 19.9 Å². The zero-order valence-electron chi connectivity index (χ0n) is 18.3. The second kappa shape index (κ2) is 9.38. The maximum absolute atomic E-state index is 12.3. The maximum Gasteiger partial charge on any atom is 0.490 e. The van der Waals surface area contributed by atoms with E-state index in [1.165, 1.54) is 24.3 Å². The van der Waals surface area contributed by atoms with Crippen LogP contribution in [0.25, 0.3) is 0 Å². The van der Waals surface area contributed by atoms with E-state index < -0.39 is 10.9 Å². The van der Waals surface area contributed by atoms with E-state index in [-0.39, 0.29) is 17.9 Å². The predicted octanol–water partition coefficient (Wildman–Crippen LogP) is 3.30. The molecule has 10 nitrogen and oxygen atoms in total. The number of hydrogen-bond donors (Lipinski definition) is 1. The highest BCUT2D eigenvalue weighted by Crippen LogP contribution is 2.22. The van der Waals surface area contributed by atoms with E-state index in [2.05, 4.69) is 41.4 Å². The number of ether oxygens (including phenoxy) is 1. The van der Waals surface area contributed by atoms with Gasteiger partial charge in [0.2, 0.25) is 6.33 Å². The average molecular weight is 436 g/mol. The molecule has 3 aromatic rings. The van der Waals surface area contributed by atoms with Crippen molar-refractivity contribution in [2.75, 3.05) is 7.11 Å². The van der Waals surface area contributed by atoms with Crippen molar-refractivity contribution in [3.05, 3.63) is 81.2 Å². The van der Waals surface area contributed by atoms with Gasteiger partial charge < -0.3 is 14.9 Å². The highest BCUT2D eigenvalue weighted by atomic mass is 16.6. The Morgan fingerprint density at radius 1 is 1.25 bits per heavy atom. The van der Waals surface area contributed by atoms with Crippen molar-refractivity contribution in [1.29, 1.82) is 0 Å². The van der Waals surface area contributed by atoms with Crippen LogP contribution >= 0.6 is 0 Å². The molecule has 0 radical (unpaired) electrons. The number of amides is 1. The fourth-order valence-electron chi connectivity index (χ4n) is 2.97. The van der Waals surface area contributed by atoms with Gasteiger partial charge in [0, 0.05) is 16.2 Å². The number of benzene rings is 2. The van der Waals surface area contributed by atoms with Crippen LogP contribution in [0.3, 0.4) is 0 Å². The Hall–Kier alpha value is -4.08. The molecule has 0 unspecified atom stereocenters. The average Bonchev–Trinajstić information content (AvgIpc) is 3.22. The SMILES string of the molecule is COc1ccc(/C=N/NC(=O)c2ccc(C(C)(C)C)cc2)cc1Cn1cnc([N+](=O)[O-])n1. The van der Waals surface area contributed by atoms with Crippen molar-refractivity contribution in [1.82, 2.24) is 20.2 Å². The monoisotopic (exact) mass is 436 g/mol. The van der Waals surface area contributed by atoms with Crippen LogP contribution in [0.4, 0.5) is 5.95 Å². The number of nitrogens with one attached hydrogen (secondary N) is 1. The number of carbonyl (C=O) groups excluding carboxylic acids is 1. The van der Waals surface area contributed by atoms with E-state index >= 15 is 0 Å². The molecule has 0 saturated carbocycles. The number of nitrogens with zero attached hydrogens (tertiary/aromatic N) is 5. The third-order valence-corrected chi connectivity index (χ3v) is 4.72. The lowest BCUT2D eigenvalue weighted by Gasteiger charge is -2.18. The fraction of sp³-hybridized carbons (Fsp3) is 0.273. The van der Waals surface area contributed by atoms with E-state index in [9.17, 15) is 14.9 Å². The minimum Gasteiger partial charge on any atom is -0.496 e. The van der Waals surface area contributed by atoms with Gasteiger partial charge in [-0.3, -0.25) is 4.79 Å². The Bertz CT molecular complexity index is 1150. The lowest BCUT2D eigenvalue weighted by atomic mass is 9.87. The molecule has 0 spiro atoms. The summed E-state index contributed by atoms with van der Waals surface area (Å²) in [7, 11) is 1.53. The first kappa shape index (κ1) is 22.6. The van der Waals surface area contributed by atoms with Crippen molar-refractivity contribution in [3.63, 3.8) is 0 Å². The van der Waals surface area contributed by atoms with Crippen LogP contribution in [0.2, 0.25) is 0 Å². The molecule has 10 heteroatoms. The summed E-state index contributed by atoms with van der Waals surface area (Å²) in [6.45, 7) is 6.55. The van der Waals surface area contributed by atoms with Gasteiger partial charge >= 0.3 is 5.95 Å². The molecular weight excluding hydrogens is 412 g/mol. The lowest BCUT2D eigenvalue weighted by Crippen LogP contribution is -2.18. The summed E-state index contributed by atoms with van der Waals surface area (Å²) in [5.41, 5.74) is 5.61. The number of nitro groups is 1. The minimum atomic E-state index is -0.657. The van der Waals surface area contributed by atoms with Gasteiger partial charge in [-0.25, -0.2) is 5.43 Å². The Kier molecular flexibility index (Phi) is 6.62. The van der Waals surface area contributed by atoms with Gasteiger partial charge in [0.25, 0.3) is 5.91 Å². The molecule has 2 aromatic carbocycles. The number of methoxy groups -OCH3 is 1. The van der Waals surface area contributed by atoms with E-state index in [0.717, 1.165) is 11.1 Å². The van der Waals surface area contributed by atoms with E-state index in [1.54, 1.807) is 30.3 Å². The first-order valence-electron chi connectivity index (χ1n) is 9.82. The summed E-state index contributed by atoms with van der Waals surface area (Å²) < 4.78 is 6.70. The van der Waals surface area contributed by atoms with Crippen LogP contribution in [0.15, 0.2) is 53.9 Å². The summed E-state index contributed by atoms with van der Waals surface area (Å²) in [5, 5.41) is 18.6. The van der Waals surface area contributed by atoms with Crippen LogP contribution in [0, 0.1) is 10.1 Å². The summed E-state index contributed by atoms with van der Waals surface area (Å²) in [5.74, 6) is -0.200. The quantitative estimate of drug-likeness (QED) is 0.344. The number of rotatable bonds is 7. The molecule has 0 fully saturated rings. The maximum atomic E-state index is 12.3. The second-order valence-electron chi connectivity index (χ2n) is 8.10. The molecule has 1 aromatic heterocycles. The number of hydrogen-bond acceptors (Lipinski definition) is 7. The summed E-state index contributed by atoms with van der Waals surface area (Å²) >= 11 is 0. The Balaban J connectivity index is 1.69. The van der Waals surface area contributed by atoms with Crippen LogP contribution in [-0.4, -0.2) is 38.9 Å². The first-order valence-corrected chi connectivity index (χ1v) is 9.82. The van der Waals surface area contributed by atoms with E-state index in [0.29, 0.717) is 16.9 Å². The molecule has 0 aliphatic rings. The molecule has 1 N–H and O–H groups in total. The molecule has 1 heterocycles. The molecule has 0 bridgehead atoms. The molecule has 0 aliphatic carbocycles. The molecule has 0 saturated heterocycles. The summed E-state index contributed by atoms with van der Waals surface area (Å²) in [6.07, 6.45) is 2.79. The van der Waals surface area contributed by atoms with Crippen molar-refractivity contribution < 1.29 is 14.5 Å². The third kappa shape index (κ3) is 5.54. The Labute approximate surface area is 185 Å². The number of carbonyl (C=O) groups is 1. The zero-order chi connectivity index (χ0) is 23.3. The number of hydrazone groups is 1. The van der Waals surface area contributed by atoms with Crippen LogP contribution < -0.4 is 10.2 Å². The van der Waals surface area contributed by atoms with Gasteiger partial charge in [0.1, 0.15) is 5.75 Å².